The van der Waals surface area contributed by atoms with Crippen molar-refractivity contribution in [3.05, 3.63) is 35.9 Å². The van der Waals surface area contributed by atoms with Gasteiger partial charge in [0.1, 0.15) is 10.6 Å². The van der Waals surface area contributed by atoms with Crippen molar-refractivity contribution in [2.24, 2.45) is 0 Å². The molecule has 1 saturated heterocycles. The Morgan fingerprint density at radius 1 is 1.11 bits per heavy atom. The zero-order chi connectivity index (χ0) is 19.4. The predicted octanol–water partition coefficient (Wildman–Crippen LogP) is 1.74. The summed E-state index contributed by atoms with van der Waals surface area (Å²) in [4.78, 5) is 4.61. The first-order valence-electron chi connectivity index (χ1n) is 8.91. The SMILES string of the molecule is CCN1CCN(c2ccc(NS(=O)(=O)c3cc(C)ccc3OC)nn2)CC1. The Kier molecular flexibility index (Phi) is 5.81. The maximum Gasteiger partial charge on any atom is 0.266 e. The summed E-state index contributed by atoms with van der Waals surface area (Å²) in [7, 11) is -2.38. The normalized spacial score (nSPS) is 15.6. The van der Waals surface area contributed by atoms with E-state index in [1.54, 1.807) is 30.3 Å². The smallest absolute Gasteiger partial charge is 0.266 e. The molecule has 0 radical (unpaired) electrons. The molecular formula is C18H25N5O3S. The largest absolute Gasteiger partial charge is 0.495 e. The fourth-order valence-corrected chi connectivity index (χ4v) is 4.28. The highest BCUT2D eigenvalue weighted by molar-refractivity contribution is 7.92. The van der Waals surface area contributed by atoms with Crippen molar-refractivity contribution in [1.29, 1.82) is 0 Å². The Bertz CT molecular complexity index is 878. The van der Waals surface area contributed by atoms with E-state index in [9.17, 15) is 8.42 Å². The number of methoxy groups -OCH3 is 1. The van der Waals surface area contributed by atoms with Gasteiger partial charge in [0.15, 0.2) is 11.6 Å². The molecule has 0 aliphatic carbocycles. The van der Waals surface area contributed by atoms with E-state index in [0.717, 1.165) is 44.1 Å². The number of rotatable bonds is 6. The summed E-state index contributed by atoms with van der Waals surface area (Å²) in [5.74, 6) is 1.21. The zero-order valence-corrected chi connectivity index (χ0v) is 16.7. The minimum atomic E-state index is -3.82. The number of anilines is 2. The van der Waals surface area contributed by atoms with Gasteiger partial charge in [0.2, 0.25) is 0 Å². The number of hydrogen-bond acceptors (Lipinski definition) is 7. The van der Waals surface area contributed by atoms with Gasteiger partial charge in [-0.25, -0.2) is 8.42 Å². The van der Waals surface area contributed by atoms with Gasteiger partial charge in [-0.15, -0.1) is 10.2 Å². The molecule has 27 heavy (non-hydrogen) atoms. The molecule has 0 amide bonds. The van der Waals surface area contributed by atoms with Crippen molar-refractivity contribution < 1.29 is 13.2 Å². The van der Waals surface area contributed by atoms with Gasteiger partial charge in [-0.05, 0) is 43.3 Å². The summed E-state index contributed by atoms with van der Waals surface area (Å²) in [6, 6.07) is 8.42. The van der Waals surface area contributed by atoms with E-state index in [-0.39, 0.29) is 16.5 Å². The molecule has 1 aliphatic rings. The number of sulfonamides is 1. The van der Waals surface area contributed by atoms with Crippen LogP contribution in [0.1, 0.15) is 12.5 Å². The molecule has 2 heterocycles. The predicted molar refractivity (Wildman–Crippen MR) is 105 cm³/mol. The molecule has 2 aromatic rings. The van der Waals surface area contributed by atoms with E-state index in [2.05, 4.69) is 31.6 Å². The topological polar surface area (TPSA) is 87.7 Å². The van der Waals surface area contributed by atoms with Gasteiger partial charge in [-0.1, -0.05) is 13.0 Å². The average molecular weight is 391 g/mol. The first kappa shape index (κ1) is 19.4. The van der Waals surface area contributed by atoms with Gasteiger partial charge in [-0.3, -0.25) is 4.72 Å². The minimum absolute atomic E-state index is 0.0755. The highest BCUT2D eigenvalue weighted by Gasteiger charge is 2.21. The van der Waals surface area contributed by atoms with Crippen LogP contribution in [0.4, 0.5) is 11.6 Å². The van der Waals surface area contributed by atoms with Crippen LogP contribution in [0.25, 0.3) is 0 Å². The molecule has 3 rings (SSSR count). The molecule has 9 heteroatoms. The van der Waals surface area contributed by atoms with Crippen molar-refractivity contribution in [2.75, 3.05) is 49.5 Å². The standard InChI is InChI=1S/C18H25N5O3S/c1-4-22-9-11-23(12-10-22)18-8-7-17(19-20-18)21-27(24,25)16-13-14(2)5-6-15(16)26-3/h5-8,13H,4,9-12H2,1-3H3,(H,19,21). The lowest BCUT2D eigenvalue weighted by Crippen LogP contribution is -2.46. The van der Waals surface area contributed by atoms with E-state index < -0.39 is 10.0 Å². The second-order valence-corrected chi connectivity index (χ2v) is 8.11. The molecule has 0 unspecified atom stereocenters. The number of aromatic nitrogens is 2. The fraction of sp³-hybridized carbons (Fsp3) is 0.444. The Balaban J connectivity index is 1.74. The molecule has 0 saturated carbocycles. The fourth-order valence-electron chi connectivity index (χ4n) is 3.03. The summed E-state index contributed by atoms with van der Waals surface area (Å²) in [5, 5.41) is 8.24. The number of nitrogens with zero attached hydrogens (tertiary/aromatic N) is 4. The zero-order valence-electron chi connectivity index (χ0n) is 15.8. The van der Waals surface area contributed by atoms with Crippen molar-refractivity contribution in [1.82, 2.24) is 15.1 Å². The van der Waals surface area contributed by atoms with Gasteiger partial charge in [-0.2, -0.15) is 0 Å². The maximum absolute atomic E-state index is 12.7. The van der Waals surface area contributed by atoms with Crippen molar-refractivity contribution in [2.45, 2.75) is 18.7 Å². The third-order valence-electron chi connectivity index (χ3n) is 4.64. The van der Waals surface area contributed by atoms with Crippen LogP contribution in [-0.2, 0) is 10.0 Å². The highest BCUT2D eigenvalue weighted by atomic mass is 32.2. The third-order valence-corrected chi connectivity index (χ3v) is 6.02. The minimum Gasteiger partial charge on any atom is -0.495 e. The molecule has 0 bridgehead atoms. The lowest BCUT2D eigenvalue weighted by atomic mass is 10.2. The van der Waals surface area contributed by atoms with Crippen LogP contribution in [0.3, 0.4) is 0 Å². The molecule has 146 valence electrons. The number of nitrogens with one attached hydrogen (secondary N) is 1. The molecule has 1 aromatic heterocycles. The lowest BCUT2D eigenvalue weighted by molar-refractivity contribution is 0.270. The van der Waals surface area contributed by atoms with E-state index >= 15 is 0 Å². The maximum atomic E-state index is 12.7. The second kappa shape index (κ2) is 8.10. The average Bonchev–Trinajstić information content (AvgIpc) is 2.68. The summed E-state index contributed by atoms with van der Waals surface area (Å²) < 4.78 is 33.1. The summed E-state index contributed by atoms with van der Waals surface area (Å²) in [6.07, 6.45) is 0. The van der Waals surface area contributed by atoms with Crippen LogP contribution in [-0.4, -0.2) is 63.3 Å². The van der Waals surface area contributed by atoms with Crippen LogP contribution in [0.15, 0.2) is 35.2 Å². The molecule has 1 aromatic carbocycles. The van der Waals surface area contributed by atoms with E-state index in [1.165, 1.54) is 7.11 Å². The summed E-state index contributed by atoms with van der Waals surface area (Å²) >= 11 is 0. The number of ether oxygens (including phenoxy) is 1. The molecule has 1 aliphatic heterocycles. The number of piperazine rings is 1. The Morgan fingerprint density at radius 3 is 2.44 bits per heavy atom. The van der Waals surface area contributed by atoms with Crippen LogP contribution in [0.2, 0.25) is 0 Å². The van der Waals surface area contributed by atoms with Crippen LogP contribution < -0.4 is 14.4 Å². The number of hydrogen-bond donors (Lipinski definition) is 1. The molecule has 0 atom stereocenters. The van der Waals surface area contributed by atoms with E-state index in [0.29, 0.717) is 0 Å². The monoisotopic (exact) mass is 391 g/mol. The van der Waals surface area contributed by atoms with Gasteiger partial charge in [0, 0.05) is 26.2 Å². The van der Waals surface area contributed by atoms with Gasteiger partial charge in [0.25, 0.3) is 10.0 Å². The molecule has 8 nitrogen and oxygen atoms in total. The van der Waals surface area contributed by atoms with Crippen molar-refractivity contribution in [3.8, 4) is 5.75 Å². The molecular weight excluding hydrogens is 366 g/mol. The number of aryl methyl sites for hydroxylation is 1. The van der Waals surface area contributed by atoms with Crippen molar-refractivity contribution in [3.63, 3.8) is 0 Å². The molecule has 1 fully saturated rings. The number of likely N-dealkylation sites (N-methyl/N-ethyl adjacent to an activating group) is 1. The van der Waals surface area contributed by atoms with Crippen LogP contribution in [0.5, 0.6) is 5.75 Å². The first-order valence-corrected chi connectivity index (χ1v) is 10.4. The quantitative estimate of drug-likeness (QED) is 0.802. The first-order chi connectivity index (χ1) is 12.9. The van der Waals surface area contributed by atoms with Crippen LogP contribution >= 0.6 is 0 Å². The van der Waals surface area contributed by atoms with E-state index in [4.69, 9.17) is 4.74 Å². The van der Waals surface area contributed by atoms with Crippen molar-refractivity contribution >= 4 is 21.7 Å². The van der Waals surface area contributed by atoms with E-state index in [1.807, 2.05) is 6.92 Å². The van der Waals surface area contributed by atoms with Gasteiger partial charge in [0.05, 0.1) is 7.11 Å². The summed E-state index contributed by atoms with van der Waals surface area (Å²) in [5.41, 5.74) is 0.823. The summed E-state index contributed by atoms with van der Waals surface area (Å²) in [6.45, 7) is 8.76. The highest BCUT2D eigenvalue weighted by Crippen LogP contribution is 2.26. The third kappa shape index (κ3) is 4.48. The second-order valence-electron chi connectivity index (χ2n) is 6.46. The lowest BCUT2D eigenvalue weighted by Gasteiger charge is -2.34. The van der Waals surface area contributed by atoms with Gasteiger partial charge < -0.3 is 14.5 Å². The van der Waals surface area contributed by atoms with Crippen LogP contribution in [0, 0.1) is 6.92 Å². The van der Waals surface area contributed by atoms with Gasteiger partial charge >= 0.3 is 0 Å². The molecule has 1 N–H and O–H groups in total. The Hall–Kier alpha value is -2.39. The Morgan fingerprint density at radius 2 is 1.85 bits per heavy atom. The molecule has 0 spiro atoms. The number of benzene rings is 1. The Labute approximate surface area is 160 Å².